The predicted molar refractivity (Wildman–Crippen MR) is 126 cm³/mol. The number of nitrogens with two attached hydrogens (primary N) is 1. The fourth-order valence-electron chi connectivity index (χ4n) is 3.62. The number of anilines is 1. The number of oxime groups is 1. The summed E-state index contributed by atoms with van der Waals surface area (Å²) < 4.78 is 0. The molecule has 0 spiro atoms. The van der Waals surface area contributed by atoms with Crippen LogP contribution in [0.3, 0.4) is 0 Å². The summed E-state index contributed by atoms with van der Waals surface area (Å²) in [5.41, 5.74) is 6.51. The van der Waals surface area contributed by atoms with Gasteiger partial charge in [0.1, 0.15) is 30.4 Å². The van der Waals surface area contributed by atoms with Gasteiger partial charge in [0.05, 0.1) is 6.04 Å². The number of nitrogen functional groups attached to an aromatic ring is 1. The second-order valence-electron chi connectivity index (χ2n) is 7.35. The topological polar surface area (TPSA) is 176 Å². The molecule has 14 heteroatoms. The molecular formula is C20H21N7O5S2. The molecule has 0 radical (unpaired) electrons. The highest BCUT2D eigenvalue weighted by atomic mass is 32.2. The van der Waals surface area contributed by atoms with E-state index < -0.39 is 29.9 Å². The standard InChI is InChI=1S/C20H21N7O5S2/c1-9-22-6-10(23-9)4-3-5-13-16(19(30)31)27-12(8-33-13)15(18(27)29)25-17(28)14(26-32-2)11-7-34-20(21)24-11/h3,5-7,12,15H,4,8H2,1-2H3,(H2,21,24)(H,22,23)(H,25,28)(H,30,31)/b5-3+,26-14?. The Morgan fingerprint density at radius 2 is 2.29 bits per heavy atom. The molecule has 0 bridgehead atoms. The Balaban J connectivity index is 1.49. The molecule has 0 aliphatic carbocycles. The SMILES string of the molecule is CON=C(C(=O)NC1C(=O)N2C(C(=O)O)=C(/C=C/Cc3cnc(C)[nH]3)SCC12)c1csc(N)n1. The molecule has 178 valence electrons. The number of thiazole rings is 1. The number of hydrogen-bond acceptors (Lipinski definition) is 10. The zero-order valence-electron chi connectivity index (χ0n) is 18.1. The molecule has 2 amide bonds. The van der Waals surface area contributed by atoms with Crippen molar-refractivity contribution in [1.82, 2.24) is 25.2 Å². The van der Waals surface area contributed by atoms with Gasteiger partial charge in [0.2, 0.25) is 0 Å². The Labute approximate surface area is 202 Å². The lowest BCUT2D eigenvalue weighted by Crippen LogP contribution is -2.73. The number of nitrogens with one attached hydrogen (secondary N) is 2. The van der Waals surface area contributed by atoms with Crippen molar-refractivity contribution in [3.63, 3.8) is 0 Å². The van der Waals surface area contributed by atoms with Gasteiger partial charge in [-0.05, 0) is 13.0 Å². The van der Waals surface area contributed by atoms with E-state index in [4.69, 9.17) is 10.6 Å². The summed E-state index contributed by atoms with van der Waals surface area (Å²) in [5, 5.41) is 17.9. The number of thioether (sulfide) groups is 1. The first kappa shape index (κ1) is 23.5. The van der Waals surface area contributed by atoms with Gasteiger partial charge in [0.25, 0.3) is 11.8 Å². The van der Waals surface area contributed by atoms with Crippen molar-refractivity contribution in [2.45, 2.75) is 25.4 Å². The summed E-state index contributed by atoms with van der Waals surface area (Å²) in [5.74, 6) is -1.19. The molecule has 2 unspecified atom stereocenters. The average Bonchev–Trinajstić information content (AvgIpc) is 3.42. The molecule has 1 saturated heterocycles. The fourth-order valence-corrected chi connectivity index (χ4v) is 5.37. The van der Waals surface area contributed by atoms with Crippen LogP contribution < -0.4 is 11.1 Å². The lowest BCUT2D eigenvalue weighted by Gasteiger charge is -2.49. The first-order valence-corrected chi connectivity index (χ1v) is 11.9. The number of carboxylic acid groups (broad SMARTS) is 1. The van der Waals surface area contributed by atoms with E-state index in [1.165, 1.54) is 23.8 Å². The Kier molecular flexibility index (Phi) is 6.70. The van der Waals surface area contributed by atoms with E-state index in [9.17, 15) is 19.5 Å². The van der Waals surface area contributed by atoms with Crippen LogP contribution in [0.4, 0.5) is 5.13 Å². The van der Waals surface area contributed by atoms with Crippen LogP contribution in [0.15, 0.2) is 39.5 Å². The maximum atomic E-state index is 12.9. The van der Waals surface area contributed by atoms with Crippen molar-refractivity contribution in [3.8, 4) is 0 Å². The van der Waals surface area contributed by atoms with Crippen molar-refractivity contribution in [1.29, 1.82) is 0 Å². The van der Waals surface area contributed by atoms with Gasteiger partial charge < -0.3 is 26.0 Å². The molecule has 5 N–H and O–H groups in total. The Hall–Kier alpha value is -3.65. The number of carbonyl (C=O) groups excluding carboxylic acids is 2. The van der Waals surface area contributed by atoms with E-state index in [0.29, 0.717) is 17.1 Å². The van der Waals surface area contributed by atoms with Crippen LogP contribution in [-0.4, -0.2) is 73.4 Å². The molecule has 0 saturated carbocycles. The Bertz CT molecular complexity index is 1230. The summed E-state index contributed by atoms with van der Waals surface area (Å²) in [6.07, 6.45) is 5.75. The normalized spacial score (nSPS) is 20.4. The van der Waals surface area contributed by atoms with Crippen LogP contribution in [-0.2, 0) is 25.6 Å². The van der Waals surface area contributed by atoms with Crippen LogP contribution in [0.5, 0.6) is 0 Å². The number of carboxylic acids is 1. The number of H-pyrrole nitrogens is 1. The zero-order chi connectivity index (χ0) is 24.4. The summed E-state index contributed by atoms with van der Waals surface area (Å²) in [4.78, 5) is 55.4. The minimum absolute atomic E-state index is 0.105. The van der Waals surface area contributed by atoms with Crippen LogP contribution in [0.1, 0.15) is 17.2 Å². The van der Waals surface area contributed by atoms with Crippen LogP contribution in [0.2, 0.25) is 0 Å². The molecule has 4 rings (SSSR count). The minimum Gasteiger partial charge on any atom is -0.477 e. The molecular weight excluding hydrogens is 482 g/mol. The number of β-lactam (4-membered cyclic amide) rings is 1. The van der Waals surface area contributed by atoms with Gasteiger partial charge in [0, 0.05) is 34.3 Å². The largest absolute Gasteiger partial charge is 0.477 e. The lowest BCUT2D eigenvalue weighted by atomic mass is 9.94. The molecule has 4 heterocycles. The van der Waals surface area contributed by atoms with E-state index in [1.54, 1.807) is 17.7 Å². The predicted octanol–water partition coefficient (Wildman–Crippen LogP) is 0.645. The molecule has 1 fully saturated rings. The van der Waals surface area contributed by atoms with Crippen LogP contribution >= 0.6 is 23.1 Å². The van der Waals surface area contributed by atoms with Gasteiger partial charge in [-0.15, -0.1) is 23.1 Å². The Morgan fingerprint density at radius 1 is 1.50 bits per heavy atom. The highest BCUT2D eigenvalue weighted by molar-refractivity contribution is 8.03. The second-order valence-corrected chi connectivity index (χ2v) is 9.30. The summed E-state index contributed by atoms with van der Waals surface area (Å²) in [7, 11) is 1.28. The second kappa shape index (κ2) is 9.69. The molecule has 0 aromatic carbocycles. The number of nitrogens with zero attached hydrogens (tertiary/aromatic N) is 4. The van der Waals surface area contributed by atoms with Gasteiger partial charge in [0.15, 0.2) is 10.8 Å². The number of aryl methyl sites for hydroxylation is 1. The summed E-state index contributed by atoms with van der Waals surface area (Å²) in [6.45, 7) is 1.84. The third-order valence-electron chi connectivity index (χ3n) is 5.12. The first-order valence-electron chi connectivity index (χ1n) is 10.0. The van der Waals surface area contributed by atoms with Gasteiger partial charge in [-0.2, -0.15) is 0 Å². The molecule has 2 atom stereocenters. The van der Waals surface area contributed by atoms with Gasteiger partial charge in [-0.25, -0.2) is 14.8 Å². The smallest absolute Gasteiger partial charge is 0.353 e. The summed E-state index contributed by atoms with van der Waals surface area (Å²) >= 11 is 2.44. The number of rotatable bonds is 8. The van der Waals surface area contributed by atoms with Crippen molar-refractivity contribution in [2.24, 2.45) is 5.16 Å². The van der Waals surface area contributed by atoms with Crippen LogP contribution in [0, 0.1) is 6.92 Å². The number of allylic oxidation sites excluding steroid dienone is 2. The van der Waals surface area contributed by atoms with Crippen molar-refractivity contribution in [3.05, 3.63) is 51.5 Å². The van der Waals surface area contributed by atoms with Crippen LogP contribution in [0.25, 0.3) is 0 Å². The first-order chi connectivity index (χ1) is 16.3. The number of imidazole rings is 1. The molecule has 2 aliphatic heterocycles. The Morgan fingerprint density at radius 3 is 2.91 bits per heavy atom. The van der Waals surface area contributed by atoms with Gasteiger partial charge >= 0.3 is 5.97 Å². The number of carbonyl (C=O) groups is 3. The highest BCUT2D eigenvalue weighted by Gasteiger charge is 2.53. The third-order valence-corrected chi connectivity index (χ3v) is 6.94. The molecule has 12 nitrogen and oxygen atoms in total. The lowest BCUT2D eigenvalue weighted by molar-refractivity contribution is -0.153. The van der Waals surface area contributed by atoms with Crippen molar-refractivity contribution < 1.29 is 24.3 Å². The summed E-state index contributed by atoms with van der Waals surface area (Å²) in [6, 6.07) is -1.41. The van der Waals surface area contributed by atoms with Crippen molar-refractivity contribution in [2.75, 3.05) is 18.6 Å². The molecule has 2 aliphatic rings. The number of hydrogen-bond donors (Lipinski definition) is 4. The number of amides is 2. The molecule has 2 aromatic rings. The quantitative estimate of drug-likeness (QED) is 0.229. The number of aromatic amines is 1. The van der Waals surface area contributed by atoms with E-state index in [2.05, 4.69) is 25.4 Å². The highest BCUT2D eigenvalue weighted by Crippen LogP contribution is 2.39. The minimum atomic E-state index is -1.22. The third kappa shape index (κ3) is 4.54. The van der Waals surface area contributed by atoms with E-state index in [1.807, 2.05) is 13.0 Å². The maximum Gasteiger partial charge on any atom is 0.353 e. The number of fused-ring (bicyclic) bond motifs is 1. The monoisotopic (exact) mass is 503 g/mol. The van der Waals surface area contributed by atoms with Gasteiger partial charge in [-0.1, -0.05) is 11.2 Å². The van der Waals surface area contributed by atoms with Crippen molar-refractivity contribution >= 4 is 51.7 Å². The van der Waals surface area contributed by atoms with E-state index in [-0.39, 0.29) is 22.2 Å². The fraction of sp³-hybridized carbons (Fsp3) is 0.300. The average molecular weight is 504 g/mol. The number of aliphatic carboxylic acids is 1. The number of aromatic nitrogens is 3. The molecule has 34 heavy (non-hydrogen) atoms. The maximum absolute atomic E-state index is 12.9. The zero-order valence-corrected chi connectivity index (χ0v) is 19.8. The molecule has 2 aromatic heterocycles. The van der Waals surface area contributed by atoms with E-state index >= 15 is 0 Å². The van der Waals surface area contributed by atoms with E-state index in [0.717, 1.165) is 22.9 Å². The van der Waals surface area contributed by atoms with Gasteiger partial charge in [-0.3, -0.25) is 14.5 Å².